The van der Waals surface area contributed by atoms with Crippen LogP contribution in [0, 0.1) is 0 Å². The van der Waals surface area contributed by atoms with Gasteiger partial charge in [0.25, 0.3) is 5.79 Å². The first-order valence-corrected chi connectivity index (χ1v) is 10.4. The molecule has 0 radical (unpaired) electrons. The van der Waals surface area contributed by atoms with E-state index in [9.17, 15) is 4.79 Å². The van der Waals surface area contributed by atoms with E-state index in [1.807, 2.05) is 35.4 Å². The van der Waals surface area contributed by atoms with E-state index >= 15 is 0 Å². The molecule has 3 aliphatic rings. The quantitative estimate of drug-likeness (QED) is 0.863. The van der Waals surface area contributed by atoms with Crippen molar-refractivity contribution in [3.05, 3.63) is 48.3 Å². The van der Waals surface area contributed by atoms with Crippen LogP contribution in [0.3, 0.4) is 0 Å². The fourth-order valence-corrected chi connectivity index (χ4v) is 4.35. The molecule has 7 nitrogen and oxygen atoms in total. The van der Waals surface area contributed by atoms with Crippen molar-refractivity contribution in [2.75, 3.05) is 31.5 Å². The number of piperazine rings is 1. The molecule has 152 valence electrons. The Labute approximate surface area is 170 Å². The number of ether oxygens (including phenoxy) is 2. The number of carbonyl (C=O) groups is 1. The van der Waals surface area contributed by atoms with Gasteiger partial charge in [-0.1, -0.05) is 6.07 Å². The van der Waals surface area contributed by atoms with E-state index in [4.69, 9.17) is 9.47 Å². The van der Waals surface area contributed by atoms with Crippen molar-refractivity contribution in [3.63, 3.8) is 0 Å². The number of hydrogen-bond acceptors (Lipinski definition) is 5. The highest BCUT2D eigenvalue weighted by Gasteiger charge is 2.44. The van der Waals surface area contributed by atoms with Crippen LogP contribution in [0.15, 0.2) is 42.7 Å². The summed E-state index contributed by atoms with van der Waals surface area (Å²) in [5.41, 5.74) is 1.94. The van der Waals surface area contributed by atoms with Gasteiger partial charge >= 0.3 is 6.03 Å². The number of rotatable bonds is 3. The van der Waals surface area contributed by atoms with Crippen LogP contribution in [-0.4, -0.2) is 52.8 Å². The summed E-state index contributed by atoms with van der Waals surface area (Å²) in [6.45, 7) is 3.99. The molecule has 1 saturated heterocycles. The van der Waals surface area contributed by atoms with Gasteiger partial charge in [0.2, 0.25) is 0 Å². The number of amides is 2. The van der Waals surface area contributed by atoms with Gasteiger partial charge in [0.15, 0.2) is 11.5 Å². The molecular formula is C22H26N4O3. The standard InChI is InChI=1S/C22H26N4O3/c27-21(26-12-10-25(11-13-26)16-17-4-3-9-23-15-17)24-18-5-6-19-20(14-18)29-22(28-19)7-1-2-8-22/h3-6,9,14-15H,1-2,7-8,10-13,16H2,(H,24,27). The van der Waals surface area contributed by atoms with Crippen LogP contribution in [0.4, 0.5) is 10.5 Å². The van der Waals surface area contributed by atoms with Crippen molar-refractivity contribution < 1.29 is 14.3 Å². The van der Waals surface area contributed by atoms with Gasteiger partial charge in [-0.2, -0.15) is 0 Å². The number of hydrogen-bond donors (Lipinski definition) is 1. The van der Waals surface area contributed by atoms with E-state index in [-0.39, 0.29) is 6.03 Å². The lowest BCUT2D eigenvalue weighted by atomic mass is 10.2. The highest BCUT2D eigenvalue weighted by atomic mass is 16.7. The number of nitrogens with one attached hydrogen (secondary N) is 1. The number of carbonyl (C=O) groups excluding carboxylic acids is 1. The van der Waals surface area contributed by atoms with E-state index < -0.39 is 5.79 Å². The molecule has 5 rings (SSSR count). The lowest BCUT2D eigenvalue weighted by Crippen LogP contribution is -2.49. The molecule has 1 saturated carbocycles. The topological polar surface area (TPSA) is 66.9 Å². The second kappa shape index (κ2) is 7.55. The third kappa shape index (κ3) is 3.87. The smallest absolute Gasteiger partial charge is 0.321 e. The minimum atomic E-state index is -0.477. The van der Waals surface area contributed by atoms with E-state index in [0.717, 1.165) is 62.5 Å². The van der Waals surface area contributed by atoms with Gasteiger partial charge < -0.3 is 19.7 Å². The Balaban J connectivity index is 1.15. The van der Waals surface area contributed by atoms with Crippen molar-refractivity contribution in [3.8, 4) is 11.5 Å². The van der Waals surface area contributed by atoms with Crippen LogP contribution in [0.25, 0.3) is 0 Å². The Morgan fingerprint density at radius 2 is 1.86 bits per heavy atom. The van der Waals surface area contributed by atoms with Crippen LogP contribution in [0.5, 0.6) is 11.5 Å². The Bertz CT molecular complexity index is 875. The number of fused-ring (bicyclic) bond motifs is 1. The number of aromatic nitrogens is 1. The predicted molar refractivity (Wildman–Crippen MR) is 109 cm³/mol. The average Bonchev–Trinajstić information content (AvgIpc) is 3.34. The summed E-state index contributed by atoms with van der Waals surface area (Å²) in [6.07, 6.45) is 7.79. The van der Waals surface area contributed by atoms with Crippen molar-refractivity contribution >= 4 is 11.7 Å². The van der Waals surface area contributed by atoms with Crippen LogP contribution in [-0.2, 0) is 6.54 Å². The lowest BCUT2D eigenvalue weighted by molar-refractivity contribution is -0.0716. The molecule has 2 aromatic rings. The van der Waals surface area contributed by atoms with E-state index in [1.165, 1.54) is 5.56 Å². The maximum Gasteiger partial charge on any atom is 0.321 e. The molecule has 1 aromatic carbocycles. The Morgan fingerprint density at radius 3 is 2.62 bits per heavy atom. The highest BCUT2D eigenvalue weighted by Crippen LogP contribution is 2.47. The first-order chi connectivity index (χ1) is 14.2. The van der Waals surface area contributed by atoms with Crippen LogP contribution in [0.1, 0.15) is 31.2 Å². The third-order valence-electron chi connectivity index (χ3n) is 5.94. The summed E-state index contributed by atoms with van der Waals surface area (Å²) in [5, 5.41) is 3.01. The summed E-state index contributed by atoms with van der Waals surface area (Å²) in [6, 6.07) is 9.62. The van der Waals surface area contributed by atoms with Crippen molar-refractivity contribution in [1.82, 2.24) is 14.8 Å². The molecule has 29 heavy (non-hydrogen) atoms. The molecule has 1 aliphatic carbocycles. The molecular weight excluding hydrogens is 368 g/mol. The number of nitrogens with zero attached hydrogens (tertiary/aromatic N) is 3. The largest absolute Gasteiger partial charge is 0.448 e. The lowest BCUT2D eigenvalue weighted by Gasteiger charge is -2.34. The Hall–Kier alpha value is -2.80. The second-order valence-corrected chi connectivity index (χ2v) is 8.04. The van der Waals surface area contributed by atoms with Gasteiger partial charge in [-0.05, 0) is 36.6 Å². The van der Waals surface area contributed by atoms with Gasteiger partial charge in [0, 0.05) is 69.7 Å². The van der Waals surface area contributed by atoms with Crippen LogP contribution >= 0.6 is 0 Å². The highest BCUT2D eigenvalue weighted by molar-refractivity contribution is 5.89. The zero-order valence-corrected chi connectivity index (χ0v) is 16.5. The summed E-state index contributed by atoms with van der Waals surface area (Å²) in [7, 11) is 0. The molecule has 2 aliphatic heterocycles. The number of anilines is 1. The predicted octanol–water partition coefficient (Wildman–Crippen LogP) is 3.47. The molecule has 3 heterocycles. The summed E-state index contributed by atoms with van der Waals surface area (Å²) >= 11 is 0. The molecule has 0 bridgehead atoms. The number of urea groups is 1. The van der Waals surface area contributed by atoms with Crippen molar-refractivity contribution in [2.45, 2.75) is 38.0 Å². The normalized spacial score (nSPS) is 20.2. The zero-order chi connectivity index (χ0) is 19.7. The van der Waals surface area contributed by atoms with Gasteiger partial charge in [-0.25, -0.2) is 4.79 Å². The molecule has 1 N–H and O–H groups in total. The second-order valence-electron chi connectivity index (χ2n) is 8.04. The molecule has 1 aromatic heterocycles. The monoisotopic (exact) mass is 394 g/mol. The maximum absolute atomic E-state index is 12.7. The minimum absolute atomic E-state index is 0.0690. The Morgan fingerprint density at radius 1 is 1.07 bits per heavy atom. The molecule has 1 spiro atoms. The summed E-state index contributed by atoms with van der Waals surface area (Å²) in [4.78, 5) is 21.1. The average molecular weight is 394 g/mol. The van der Waals surface area contributed by atoms with Gasteiger partial charge in [-0.3, -0.25) is 9.88 Å². The first kappa shape index (κ1) is 18.2. The fraction of sp³-hybridized carbons (Fsp3) is 0.455. The third-order valence-corrected chi connectivity index (χ3v) is 5.94. The fourth-order valence-electron chi connectivity index (χ4n) is 4.35. The van der Waals surface area contributed by atoms with Gasteiger partial charge in [0.05, 0.1) is 0 Å². The van der Waals surface area contributed by atoms with Crippen LogP contribution < -0.4 is 14.8 Å². The minimum Gasteiger partial charge on any atom is -0.448 e. The molecule has 7 heteroatoms. The molecule has 0 unspecified atom stereocenters. The Kier molecular flexibility index (Phi) is 4.75. The van der Waals surface area contributed by atoms with E-state index in [0.29, 0.717) is 13.1 Å². The maximum atomic E-state index is 12.7. The molecule has 0 atom stereocenters. The molecule has 2 fully saturated rings. The van der Waals surface area contributed by atoms with E-state index in [2.05, 4.69) is 21.3 Å². The van der Waals surface area contributed by atoms with Gasteiger partial charge in [0.1, 0.15) is 0 Å². The van der Waals surface area contributed by atoms with Gasteiger partial charge in [-0.15, -0.1) is 0 Å². The molecule has 2 amide bonds. The van der Waals surface area contributed by atoms with Crippen LogP contribution in [0.2, 0.25) is 0 Å². The summed E-state index contributed by atoms with van der Waals surface area (Å²) < 4.78 is 12.1. The first-order valence-electron chi connectivity index (χ1n) is 10.4. The van der Waals surface area contributed by atoms with Crippen molar-refractivity contribution in [1.29, 1.82) is 0 Å². The van der Waals surface area contributed by atoms with Crippen molar-refractivity contribution in [2.24, 2.45) is 0 Å². The summed E-state index contributed by atoms with van der Waals surface area (Å²) in [5.74, 6) is 1.02. The van der Waals surface area contributed by atoms with E-state index in [1.54, 1.807) is 6.20 Å². The zero-order valence-electron chi connectivity index (χ0n) is 16.5. The SMILES string of the molecule is O=C(Nc1ccc2c(c1)OC1(CCCC1)O2)N1CCN(Cc2cccnc2)CC1. The number of pyridine rings is 1. The number of benzene rings is 1.